The molecule has 0 aliphatic heterocycles. The number of halogens is 4. The summed E-state index contributed by atoms with van der Waals surface area (Å²) in [5.74, 6) is -4.01. The summed E-state index contributed by atoms with van der Waals surface area (Å²) in [6, 6.07) is 0.860. The molecule has 0 amide bonds. The molecule has 0 saturated heterocycles. The van der Waals surface area contributed by atoms with Crippen LogP contribution in [0, 0.1) is 17.5 Å². The first-order chi connectivity index (χ1) is 6.07. The molecule has 1 N–H and O–H groups in total. The third-order valence-corrected chi connectivity index (χ3v) is 2.42. The van der Waals surface area contributed by atoms with Gasteiger partial charge in [0, 0.05) is 6.61 Å². The predicted molar refractivity (Wildman–Crippen MR) is 44.8 cm³/mol. The molecule has 1 aromatic carbocycles. The predicted octanol–water partition coefficient (Wildman–Crippen LogP) is 2.40. The fraction of sp³-hybridized carbons (Fsp3) is 0.250. The highest BCUT2D eigenvalue weighted by Gasteiger charge is 2.16. The Morgan fingerprint density at radius 1 is 1.23 bits per heavy atom. The molecular weight excluding hydrogens is 249 g/mol. The maximum absolute atomic E-state index is 12.8. The van der Waals surface area contributed by atoms with Crippen LogP contribution in [0.4, 0.5) is 13.2 Å². The lowest BCUT2D eigenvalue weighted by atomic mass is 10.1. The van der Waals surface area contributed by atoms with E-state index in [-0.39, 0.29) is 23.1 Å². The molecule has 0 spiro atoms. The third-order valence-electron chi connectivity index (χ3n) is 1.56. The molecule has 13 heavy (non-hydrogen) atoms. The average molecular weight is 255 g/mol. The number of rotatable bonds is 2. The van der Waals surface area contributed by atoms with E-state index in [4.69, 9.17) is 5.11 Å². The molecule has 1 aromatic rings. The molecule has 0 bridgehead atoms. The summed E-state index contributed by atoms with van der Waals surface area (Å²) in [6.45, 7) is -0.247. The van der Waals surface area contributed by atoms with Crippen molar-refractivity contribution in [1.29, 1.82) is 0 Å². The Morgan fingerprint density at radius 2 is 1.85 bits per heavy atom. The van der Waals surface area contributed by atoms with Crippen LogP contribution in [0.15, 0.2) is 10.5 Å². The fourth-order valence-electron chi connectivity index (χ4n) is 0.924. The van der Waals surface area contributed by atoms with Crippen LogP contribution in [-0.4, -0.2) is 11.7 Å². The molecular formula is C8H6BrF3O. The molecule has 0 fully saturated rings. The van der Waals surface area contributed by atoms with Gasteiger partial charge in [0.15, 0.2) is 17.5 Å². The molecule has 1 nitrogen and oxygen atoms in total. The van der Waals surface area contributed by atoms with E-state index in [1.165, 1.54) is 0 Å². The van der Waals surface area contributed by atoms with Crippen molar-refractivity contribution in [2.24, 2.45) is 0 Å². The van der Waals surface area contributed by atoms with Crippen molar-refractivity contribution >= 4 is 15.9 Å². The van der Waals surface area contributed by atoms with Crippen LogP contribution in [0.1, 0.15) is 5.56 Å². The number of hydrogen-bond acceptors (Lipinski definition) is 1. The molecule has 0 saturated carbocycles. The molecule has 0 aliphatic rings. The van der Waals surface area contributed by atoms with Crippen molar-refractivity contribution in [2.45, 2.75) is 6.42 Å². The normalized spacial score (nSPS) is 10.5. The first kappa shape index (κ1) is 10.5. The second kappa shape index (κ2) is 4.11. The van der Waals surface area contributed by atoms with E-state index in [0.717, 1.165) is 6.07 Å². The van der Waals surface area contributed by atoms with Crippen molar-refractivity contribution < 1.29 is 18.3 Å². The first-order valence-electron chi connectivity index (χ1n) is 3.50. The van der Waals surface area contributed by atoms with Gasteiger partial charge in [-0.1, -0.05) is 0 Å². The summed E-state index contributed by atoms with van der Waals surface area (Å²) >= 11 is 2.77. The Morgan fingerprint density at radius 3 is 2.38 bits per heavy atom. The SMILES string of the molecule is OCCc1cc(F)c(F)c(F)c1Br. The molecule has 0 aliphatic carbocycles. The maximum atomic E-state index is 12.8. The van der Waals surface area contributed by atoms with Gasteiger partial charge >= 0.3 is 0 Å². The number of hydrogen-bond donors (Lipinski definition) is 1. The van der Waals surface area contributed by atoms with Crippen molar-refractivity contribution in [2.75, 3.05) is 6.61 Å². The second-order valence-corrected chi connectivity index (χ2v) is 3.23. The number of aliphatic hydroxyl groups excluding tert-OH is 1. The zero-order chi connectivity index (χ0) is 10.0. The smallest absolute Gasteiger partial charge is 0.195 e. The van der Waals surface area contributed by atoms with Crippen LogP contribution in [0.5, 0.6) is 0 Å². The standard InChI is InChI=1S/C8H6BrF3O/c9-6-4(1-2-13)3-5(10)7(11)8(6)12/h3,13H,1-2H2. The average Bonchev–Trinajstić information content (AvgIpc) is 2.11. The topological polar surface area (TPSA) is 20.2 Å². The van der Waals surface area contributed by atoms with Crippen LogP contribution in [0.3, 0.4) is 0 Å². The highest BCUT2D eigenvalue weighted by atomic mass is 79.9. The highest BCUT2D eigenvalue weighted by Crippen LogP contribution is 2.25. The van der Waals surface area contributed by atoms with E-state index in [1.807, 2.05) is 0 Å². The van der Waals surface area contributed by atoms with Crippen molar-refractivity contribution in [3.8, 4) is 0 Å². The Bertz CT molecular complexity index is 328. The Kier molecular flexibility index (Phi) is 3.33. The van der Waals surface area contributed by atoms with Gasteiger partial charge in [0.25, 0.3) is 0 Å². The van der Waals surface area contributed by atoms with Crippen LogP contribution in [0.2, 0.25) is 0 Å². The van der Waals surface area contributed by atoms with Gasteiger partial charge in [0.2, 0.25) is 0 Å². The van der Waals surface area contributed by atoms with Crippen LogP contribution in [-0.2, 0) is 6.42 Å². The maximum Gasteiger partial charge on any atom is 0.195 e. The summed E-state index contributed by atoms with van der Waals surface area (Å²) in [5.41, 5.74) is 0.207. The van der Waals surface area contributed by atoms with E-state index < -0.39 is 17.5 Å². The van der Waals surface area contributed by atoms with E-state index in [1.54, 1.807) is 0 Å². The Balaban J connectivity index is 3.24. The van der Waals surface area contributed by atoms with E-state index in [9.17, 15) is 13.2 Å². The van der Waals surface area contributed by atoms with Gasteiger partial charge in [-0.3, -0.25) is 0 Å². The van der Waals surface area contributed by atoms with Gasteiger partial charge in [-0.05, 0) is 34.0 Å². The molecule has 5 heteroatoms. The van der Waals surface area contributed by atoms with Crippen LogP contribution >= 0.6 is 15.9 Å². The van der Waals surface area contributed by atoms with Gasteiger partial charge in [-0.25, -0.2) is 13.2 Å². The zero-order valence-corrected chi connectivity index (χ0v) is 8.04. The van der Waals surface area contributed by atoms with E-state index in [0.29, 0.717) is 0 Å². The van der Waals surface area contributed by atoms with Gasteiger partial charge in [-0.2, -0.15) is 0 Å². The van der Waals surface area contributed by atoms with E-state index in [2.05, 4.69) is 15.9 Å². The Labute approximate surface area is 81.3 Å². The second-order valence-electron chi connectivity index (χ2n) is 2.43. The number of aliphatic hydroxyl groups is 1. The minimum atomic E-state index is -1.51. The van der Waals surface area contributed by atoms with Gasteiger partial charge in [-0.15, -0.1) is 0 Å². The minimum Gasteiger partial charge on any atom is -0.396 e. The molecule has 1 rings (SSSR count). The fourth-order valence-corrected chi connectivity index (χ4v) is 1.41. The summed E-state index contributed by atoms with van der Waals surface area (Å²) in [4.78, 5) is 0. The van der Waals surface area contributed by atoms with Crippen molar-refractivity contribution in [3.63, 3.8) is 0 Å². The number of benzene rings is 1. The molecule has 0 heterocycles. The lowest BCUT2D eigenvalue weighted by Gasteiger charge is -2.04. The first-order valence-corrected chi connectivity index (χ1v) is 4.30. The van der Waals surface area contributed by atoms with Gasteiger partial charge < -0.3 is 5.11 Å². The minimum absolute atomic E-state index is 0.0781. The van der Waals surface area contributed by atoms with Crippen LogP contribution < -0.4 is 0 Å². The quantitative estimate of drug-likeness (QED) is 0.635. The molecule has 0 unspecified atom stereocenters. The largest absolute Gasteiger partial charge is 0.396 e. The summed E-state index contributed by atoms with van der Waals surface area (Å²) in [7, 11) is 0. The van der Waals surface area contributed by atoms with Crippen molar-refractivity contribution in [1.82, 2.24) is 0 Å². The van der Waals surface area contributed by atoms with Crippen LogP contribution in [0.25, 0.3) is 0 Å². The summed E-state index contributed by atoms with van der Waals surface area (Å²) in [5, 5.41) is 8.54. The monoisotopic (exact) mass is 254 g/mol. The molecule has 0 atom stereocenters. The summed E-state index contributed by atoms with van der Waals surface area (Å²) in [6.07, 6.45) is 0.0781. The molecule has 0 aromatic heterocycles. The molecule has 72 valence electrons. The third kappa shape index (κ3) is 2.03. The molecule has 0 radical (unpaired) electrons. The Hall–Kier alpha value is -0.550. The van der Waals surface area contributed by atoms with Crippen molar-refractivity contribution in [3.05, 3.63) is 33.6 Å². The lowest BCUT2D eigenvalue weighted by molar-refractivity contribution is 0.298. The zero-order valence-electron chi connectivity index (χ0n) is 6.45. The summed E-state index contributed by atoms with van der Waals surface area (Å²) < 4.78 is 37.9. The highest BCUT2D eigenvalue weighted by molar-refractivity contribution is 9.10. The van der Waals surface area contributed by atoms with E-state index >= 15 is 0 Å². The van der Waals surface area contributed by atoms with Gasteiger partial charge in [0.1, 0.15) is 0 Å². The van der Waals surface area contributed by atoms with Gasteiger partial charge in [0.05, 0.1) is 4.47 Å². The lowest BCUT2D eigenvalue weighted by Crippen LogP contribution is -1.99.